The minimum atomic E-state index is -0.545. The van der Waals surface area contributed by atoms with E-state index in [1.54, 1.807) is 0 Å². The molecule has 2 aromatic rings. The van der Waals surface area contributed by atoms with Crippen LogP contribution >= 0.6 is 11.6 Å². The lowest BCUT2D eigenvalue weighted by Gasteiger charge is -2.16. The number of hydrogen-bond acceptors (Lipinski definition) is 4. The third-order valence-electron chi connectivity index (χ3n) is 3.99. The van der Waals surface area contributed by atoms with Crippen LogP contribution in [0.15, 0.2) is 42.5 Å². The first-order chi connectivity index (χ1) is 12.8. The number of amides is 1. The molecule has 0 aromatic heterocycles. The number of halogens is 1. The number of benzene rings is 2. The highest BCUT2D eigenvalue weighted by Gasteiger charge is 2.13. The van der Waals surface area contributed by atoms with E-state index < -0.39 is 4.92 Å². The van der Waals surface area contributed by atoms with E-state index in [4.69, 9.17) is 16.3 Å². The fraction of sp³-hybridized carbons (Fsp3) is 0.350. The second-order valence-electron chi connectivity index (χ2n) is 6.79. The molecule has 0 unspecified atom stereocenters. The summed E-state index contributed by atoms with van der Waals surface area (Å²) in [6.07, 6.45) is 1.02. The molecule has 0 aliphatic carbocycles. The number of carbonyl (C=O) groups is 1. The van der Waals surface area contributed by atoms with Crippen molar-refractivity contribution in [3.8, 4) is 5.75 Å². The highest BCUT2D eigenvalue weighted by molar-refractivity contribution is 6.32. The van der Waals surface area contributed by atoms with Crippen molar-refractivity contribution in [3.63, 3.8) is 0 Å². The Hall–Kier alpha value is -2.60. The molecule has 6 nitrogen and oxygen atoms in total. The van der Waals surface area contributed by atoms with Gasteiger partial charge in [0.2, 0.25) is 0 Å². The molecule has 27 heavy (non-hydrogen) atoms. The van der Waals surface area contributed by atoms with Gasteiger partial charge in [0.25, 0.3) is 11.6 Å². The van der Waals surface area contributed by atoms with Crippen LogP contribution in [-0.2, 0) is 11.2 Å². The van der Waals surface area contributed by atoms with Gasteiger partial charge in [-0.25, -0.2) is 0 Å². The summed E-state index contributed by atoms with van der Waals surface area (Å²) in [6.45, 7) is 6.02. The Morgan fingerprint density at radius 1 is 1.19 bits per heavy atom. The second-order valence-corrected chi connectivity index (χ2v) is 7.20. The van der Waals surface area contributed by atoms with E-state index in [1.807, 2.05) is 19.1 Å². The highest BCUT2D eigenvalue weighted by atomic mass is 35.5. The van der Waals surface area contributed by atoms with Gasteiger partial charge < -0.3 is 10.1 Å². The molecule has 0 bridgehead atoms. The number of nitrogens with zero attached hydrogens (tertiary/aromatic N) is 1. The smallest absolute Gasteiger partial charge is 0.271 e. The Bertz CT molecular complexity index is 806. The average molecular weight is 391 g/mol. The van der Waals surface area contributed by atoms with E-state index in [1.165, 1.54) is 23.8 Å². The number of nitrogens with one attached hydrogen (secondary N) is 1. The van der Waals surface area contributed by atoms with Gasteiger partial charge in [-0.05, 0) is 36.5 Å². The topological polar surface area (TPSA) is 81.5 Å². The molecule has 0 saturated heterocycles. The van der Waals surface area contributed by atoms with Gasteiger partial charge in [-0.3, -0.25) is 14.9 Å². The van der Waals surface area contributed by atoms with Gasteiger partial charge in [0, 0.05) is 12.1 Å². The summed E-state index contributed by atoms with van der Waals surface area (Å²) in [4.78, 5) is 22.3. The van der Waals surface area contributed by atoms with Crippen molar-refractivity contribution in [2.45, 2.75) is 33.2 Å². The molecule has 2 rings (SSSR count). The van der Waals surface area contributed by atoms with E-state index >= 15 is 0 Å². The van der Waals surface area contributed by atoms with Crippen LogP contribution in [0.3, 0.4) is 0 Å². The first-order valence-corrected chi connectivity index (χ1v) is 9.09. The molecule has 0 spiro atoms. The van der Waals surface area contributed by atoms with Crippen LogP contribution in [0.4, 0.5) is 5.69 Å². The van der Waals surface area contributed by atoms with Gasteiger partial charge in [-0.15, -0.1) is 0 Å². The Morgan fingerprint density at radius 2 is 1.85 bits per heavy atom. The molecule has 7 heteroatoms. The number of non-ortho nitro benzene ring substituents is 1. The zero-order chi connectivity index (χ0) is 20.0. The first-order valence-electron chi connectivity index (χ1n) is 8.71. The molecule has 1 N–H and O–H groups in total. The summed E-state index contributed by atoms with van der Waals surface area (Å²) in [7, 11) is 0. The summed E-state index contributed by atoms with van der Waals surface area (Å²) in [5.74, 6) is 0.516. The van der Waals surface area contributed by atoms with Crippen molar-refractivity contribution in [3.05, 3.63) is 68.7 Å². The van der Waals surface area contributed by atoms with Gasteiger partial charge in [0.1, 0.15) is 5.75 Å². The lowest BCUT2D eigenvalue weighted by molar-refractivity contribution is -0.384. The lowest BCUT2D eigenvalue weighted by atomic mass is 10.00. The van der Waals surface area contributed by atoms with Crippen molar-refractivity contribution < 1.29 is 14.5 Å². The van der Waals surface area contributed by atoms with E-state index in [0.29, 0.717) is 5.92 Å². The minimum absolute atomic E-state index is 0.0887. The maximum Gasteiger partial charge on any atom is 0.271 e. The molecule has 0 aliphatic heterocycles. The molecule has 144 valence electrons. The molecular weight excluding hydrogens is 368 g/mol. The zero-order valence-electron chi connectivity index (χ0n) is 15.6. The maximum absolute atomic E-state index is 12.1. The van der Waals surface area contributed by atoms with Crippen LogP contribution in [0.2, 0.25) is 5.02 Å². The van der Waals surface area contributed by atoms with Crippen LogP contribution in [-0.4, -0.2) is 17.4 Å². The largest absolute Gasteiger partial charge is 0.482 e. The normalized spacial score (nSPS) is 11.9. The fourth-order valence-corrected chi connectivity index (χ4v) is 2.87. The monoisotopic (exact) mass is 390 g/mol. The molecule has 1 atom stereocenters. The first kappa shape index (κ1) is 20.7. The summed E-state index contributed by atoms with van der Waals surface area (Å²) >= 11 is 5.95. The number of ether oxygens (including phenoxy) is 1. The summed E-state index contributed by atoms with van der Waals surface area (Å²) < 4.78 is 5.37. The summed E-state index contributed by atoms with van der Waals surface area (Å²) in [6, 6.07) is 11.9. The lowest BCUT2D eigenvalue weighted by Crippen LogP contribution is -2.31. The molecule has 2 aromatic carbocycles. The third-order valence-corrected chi connectivity index (χ3v) is 4.28. The number of hydrogen-bond donors (Lipinski definition) is 1. The van der Waals surface area contributed by atoms with Crippen LogP contribution in [0, 0.1) is 16.0 Å². The number of nitro benzene ring substituents is 1. The SMILES string of the molecule is CC(C)Cc1ccc([C@@H](C)NC(=O)COc2ccc([N+](=O)[O-])cc2Cl)cc1. The van der Waals surface area contributed by atoms with Gasteiger partial charge in [-0.2, -0.15) is 0 Å². The Labute approximate surface area is 163 Å². The predicted octanol–water partition coefficient (Wildman–Crippen LogP) is 4.70. The van der Waals surface area contributed by atoms with Crippen LogP contribution in [0.25, 0.3) is 0 Å². The molecule has 0 aliphatic rings. The molecule has 0 radical (unpaired) electrons. The van der Waals surface area contributed by atoms with Gasteiger partial charge in [0.15, 0.2) is 6.61 Å². The summed E-state index contributed by atoms with van der Waals surface area (Å²) in [5.41, 5.74) is 2.14. The summed E-state index contributed by atoms with van der Waals surface area (Å²) in [5, 5.41) is 13.7. The van der Waals surface area contributed by atoms with E-state index in [0.717, 1.165) is 12.0 Å². The van der Waals surface area contributed by atoms with Crippen molar-refractivity contribution in [1.29, 1.82) is 0 Å². The molecular formula is C20H23ClN2O4. The van der Waals surface area contributed by atoms with Crippen LogP contribution in [0.5, 0.6) is 5.75 Å². The standard InChI is InChI=1S/C20H23ClN2O4/c1-13(2)10-15-4-6-16(7-5-15)14(3)22-20(24)12-27-19-9-8-17(23(25)26)11-18(19)21/h4-9,11,13-14H,10,12H2,1-3H3,(H,22,24)/t14-/m1/s1. The Morgan fingerprint density at radius 3 is 2.41 bits per heavy atom. The van der Waals surface area contributed by atoms with E-state index in [9.17, 15) is 14.9 Å². The molecule has 0 heterocycles. The van der Waals surface area contributed by atoms with Crippen molar-refractivity contribution in [1.82, 2.24) is 5.32 Å². The number of carbonyl (C=O) groups excluding carboxylic acids is 1. The molecule has 0 saturated carbocycles. The number of nitro groups is 1. The van der Waals surface area contributed by atoms with E-state index in [2.05, 4.69) is 31.3 Å². The minimum Gasteiger partial charge on any atom is -0.482 e. The quantitative estimate of drug-likeness (QED) is 0.523. The van der Waals surface area contributed by atoms with Gasteiger partial charge in [0.05, 0.1) is 16.0 Å². The Balaban J connectivity index is 1.89. The Kier molecular flexibility index (Phi) is 7.19. The maximum atomic E-state index is 12.1. The van der Waals surface area contributed by atoms with Crippen molar-refractivity contribution in [2.24, 2.45) is 5.92 Å². The highest BCUT2D eigenvalue weighted by Crippen LogP contribution is 2.28. The van der Waals surface area contributed by atoms with Crippen molar-refractivity contribution >= 4 is 23.2 Å². The van der Waals surface area contributed by atoms with E-state index in [-0.39, 0.29) is 35.0 Å². The number of rotatable bonds is 8. The predicted molar refractivity (Wildman–Crippen MR) is 105 cm³/mol. The second kappa shape index (κ2) is 9.37. The van der Waals surface area contributed by atoms with Gasteiger partial charge >= 0.3 is 0 Å². The fourth-order valence-electron chi connectivity index (χ4n) is 2.64. The average Bonchev–Trinajstić information content (AvgIpc) is 2.60. The van der Waals surface area contributed by atoms with Crippen molar-refractivity contribution in [2.75, 3.05) is 6.61 Å². The van der Waals surface area contributed by atoms with Crippen LogP contribution in [0.1, 0.15) is 37.9 Å². The zero-order valence-corrected chi connectivity index (χ0v) is 16.3. The molecule has 1 amide bonds. The van der Waals surface area contributed by atoms with Gasteiger partial charge in [-0.1, -0.05) is 49.7 Å². The third kappa shape index (κ3) is 6.25. The van der Waals surface area contributed by atoms with Crippen LogP contribution < -0.4 is 10.1 Å². The molecule has 0 fully saturated rings.